The monoisotopic (exact) mass is 346 g/mol. The van der Waals surface area contributed by atoms with Gasteiger partial charge in [0.15, 0.2) is 5.78 Å². The van der Waals surface area contributed by atoms with Gasteiger partial charge in [-0.3, -0.25) is 4.79 Å². The summed E-state index contributed by atoms with van der Waals surface area (Å²) in [5.74, 6) is 0.329. The highest BCUT2D eigenvalue weighted by molar-refractivity contribution is 9.11. The maximum Gasteiger partial charge on any atom is 0.167 e. The van der Waals surface area contributed by atoms with Crippen molar-refractivity contribution in [3.63, 3.8) is 0 Å². The maximum atomic E-state index is 12.3. The van der Waals surface area contributed by atoms with Gasteiger partial charge in [-0.05, 0) is 31.0 Å². The van der Waals surface area contributed by atoms with Crippen LogP contribution in [0.25, 0.3) is 0 Å². The number of rotatable bonds is 2. The van der Waals surface area contributed by atoms with E-state index >= 15 is 0 Å². The minimum Gasteiger partial charge on any atom is -0.381 e. The molecule has 0 aliphatic carbocycles. The molecule has 0 aromatic heterocycles. The minimum atomic E-state index is 0.111. The zero-order valence-corrected chi connectivity index (χ0v) is 11.9. The summed E-state index contributed by atoms with van der Waals surface area (Å²) in [6.07, 6.45) is 1.66. The summed E-state index contributed by atoms with van der Waals surface area (Å²) in [5.41, 5.74) is 0.765. The summed E-state index contributed by atoms with van der Waals surface area (Å²) in [4.78, 5) is 12.3. The van der Waals surface area contributed by atoms with Gasteiger partial charge in [0.2, 0.25) is 0 Å². The molecule has 0 spiro atoms. The Labute approximate surface area is 112 Å². The van der Waals surface area contributed by atoms with Crippen molar-refractivity contribution in [3.8, 4) is 0 Å². The Balaban J connectivity index is 2.22. The number of ketones is 1. The Morgan fingerprint density at radius 3 is 2.62 bits per heavy atom. The molecule has 4 heteroatoms. The number of hydrogen-bond acceptors (Lipinski definition) is 2. The maximum absolute atomic E-state index is 12.3. The van der Waals surface area contributed by atoms with Gasteiger partial charge in [-0.15, -0.1) is 0 Å². The van der Waals surface area contributed by atoms with E-state index in [4.69, 9.17) is 4.74 Å². The summed E-state index contributed by atoms with van der Waals surface area (Å²) < 4.78 is 7.07. The number of hydrogen-bond donors (Lipinski definition) is 0. The van der Waals surface area contributed by atoms with E-state index in [1.54, 1.807) is 0 Å². The van der Waals surface area contributed by atoms with E-state index < -0.39 is 0 Å². The number of halogens is 2. The lowest BCUT2D eigenvalue weighted by atomic mass is 9.91. The molecule has 1 heterocycles. The van der Waals surface area contributed by atoms with Crippen molar-refractivity contribution < 1.29 is 9.53 Å². The highest BCUT2D eigenvalue weighted by Gasteiger charge is 2.24. The molecular formula is C12H12Br2O2. The molecule has 16 heavy (non-hydrogen) atoms. The lowest BCUT2D eigenvalue weighted by molar-refractivity contribution is 0.0544. The van der Waals surface area contributed by atoms with Crippen molar-refractivity contribution in [2.45, 2.75) is 12.8 Å². The van der Waals surface area contributed by atoms with Crippen LogP contribution in [0.1, 0.15) is 23.2 Å². The molecule has 0 amide bonds. The molecule has 0 N–H and O–H groups in total. The first-order chi connectivity index (χ1) is 7.68. The first-order valence-electron chi connectivity index (χ1n) is 5.25. The van der Waals surface area contributed by atoms with Crippen LogP contribution in [0.2, 0.25) is 0 Å². The number of Topliss-reactive ketones (excluding diaryl/α,β-unsaturated/α-hetero) is 1. The van der Waals surface area contributed by atoms with Crippen LogP contribution in [0.3, 0.4) is 0 Å². The van der Waals surface area contributed by atoms with E-state index in [1.165, 1.54) is 0 Å². The molecule has 0 unspecified atom stereocenters. The molecule has 0 bridgehead atoms. The topological polar surface area (TPSA) is 26.3 Å². The standard InChI is InChI=1S/C12H12Br2O2/c13-9-1-2-11(14)10(7-9)12(15)8-3-5-16-6-4-8/h1-2,7-8H,3-6H2. The number of carbonyl (C=O) groups excluding carboxylic acids is 1. The quantitative estimate of drug-likeness (QED) is 0.760. The van der Waals surface area contributed by atoms with E-state index in [-0.39, 0.29) is 11.7 Å². The molecule has 2 nitrogen and oxygen atoms in total. The third-order valence-electron chi connectivity index (χ3n) is 2.79. The van der Waals surface area contributed by atoms with E-state index in [0.29, 0.717) is 13.2 Å². The second-order valence-corrected chi connectivity index (χ2v) is 5.65. The summed E-state index contributed by atoms with van der Waals surface area (Å²) >= 11 is 6.82. The van der Waals surface area contributed by atoms with Crippen LogP contribution in [0.5, 0.6) is 0 Å². The zero-order chi connectivity index (χ0) is 11.5. The van der Waals surface area contributed by atoms with E-state index in [0.717, 1.165) is 27.4 Å². The van der Waals surface area contributed by atoms with Gasteiger partial charge in [0.1, 0.15) is 0 Å². The van der Waals surface area contributed by atoms with E-state index in [9.17, 15) is 4.79 Å². The predicted molar refractivity (Wildman–Crippen MR) is 69.7 cm³/mol. The van der Waals surface area contributed by atoms with Crippen molar-refractivity contribution in [1.29, 1.82) is 0 Å². The highest BCUT2D eigenvalue weighted by Crippen LogP contribution is 2.27. The average molecular weight is 348 g/mol. The van der Waals surface area contributed by atoms with Crippen LogP contribution < -0.4 is 0 Å². The molecule has 1 aliphatic heterocycles. The number of benzene rings is 1. The van der Waals surface area contributed by atoms with Gasteiger partial charge in [-0.2, -0.15) is 0 Å². The molecule has 1 saturated heterocycles. The van der Waals surface area contributed by atoms with Crippen LogP contribution in [0.4, 0.5) is 0 Å². The van der Waals surface area contributed by atoms with Crippen LogP contribution >= 0.6 is 31.9 Å². The highest BCUT2D eigenvalue weighted by atomic mass is 79.9. The first-order valence-corrected chi connectivity index (χ1v) is 6.84. The number of ether oxygens (including phenoxy) is 1. The lowest BCUT2D eigenvalue weighted by Crippen LogP contribution is -2.23. The Bertz CT molecular complexity index is 398. The fraction of sp³-hybridized carbons (Fsp3) is 0.417. The summed E-state index contributed by atoms with van der Waals surface area (Å²) in [5, 5.41) is 0. The molecule has 1 aromatic rings. The fourth-order valence-electron chi connectivity index (χ4n) is 1.87. The van der Waals surface area contributed by atoms with Crippen molar-refractivity contribution in [3.05, 3.63) is 32.7 Å². The molecule has 86 valence electrons. The van der Waals surface area contributed by atoms with Gasteiger partial charge < -0.3 is 4.74 Å². The fourth-order valence-corrected chi connectivity index (χ4v) is 2.67. The van der Waals surface area contributed by atoms with Crippen LogP contribution in [0.15, 0.2) is 27.1 Å². The largest absolute Gasteiger partial charge is 0.381 e. The van der Waals surface area contributed by atoms with Gasteiger partial charge in [0.25, 0.3) is 0 Å². The molecule has 1 fully saturated rings. The normalized spacial score (nSPS) is 17.4. The zero-order valence-electron chi connectivity index (χ0n) is 8.71. The number of carbonyl (C=O) groups is 1. The molecule has 0 atom stereocenters. The van der Waals surface area contributed by atoms with Crippen molar-refractivity contribution in [1.82, 2.24) is 0 Å². The van der Waals surface area contributed by atoms with Gasteiger partial charge in [0.05, 0.1) is 0 Å². The Hall–Kier alpha value is -0.190. The summed E-state index contributed by atoms with van der Waals surface area (Å²) in [6.45, 7) is 1.39. The van der Waals surface area contributed by atoms with E-state index in [2.05, 4.69) is 31.9 Å². The van der Waals surface area contributed by atoms with Crippen molar-refractivity contribution >= 4 is 37.6 Å². The predicted octanol–water partition coefficient (Wildman–Crippen LogP) is 3.82. The molecule has 0 radical (unpaired) electrons. The van der Waals surface area contributed by atoms with Gasteiger partial charge in [-0.25, -0.2) is 0 Å². The van der Waals surface area contributed by atoms with Gasteiger partial charge >= 0.3 is 0 Å². The lowest BCUT2D eigenvalue weighted by Gasteiger charge is -2.21. The van der Waals surface area contributed by atoms with Crippen molar-refractivity contribution in [2.24, 2.45) is 5.92 Å². The Kier molecular flexibility index (Phi) is 4.16. The summed E-state index contributed by atoms with van der Waals surface area (Å²) in [6, 6.07) is 5.70. The minimum absolute atomic E-state index is 0.111. The molecule has 1 aromatic carbocycles. The Morgan fingerprint density at radius 1 is 1.25 bits per heavy atom. The molecule has 2 rings (SSSR count). The molecular weight excluding hydrogens is 336 g/mol. The third kappa shape index (κ3) is 2.73. The second kappa shape index (κ2) is 5.43. The van der Waals surface area contributed by atoms with Gasteiger partial charge in [-0.1, -0.05) is 31.9 Å². The summed E-state index contributed by atoms with van der Waals surface area (Å²) in [7, 11) is 0. The van der Waals surface area contributed by atoms with Crippen molar-refractivity contribution in [2.75, 3.05) is 13.2 Å². The van der Waals surface area contributed by atoms with Gasteiger partial charge in [0, 0.05) is 33.6 Å². The third-order valence-corrected chi connectivity index (χ3v) is 3.97. The Morgan fingerprint density at radius 2 is 1.94 bits per heavy atom. The first kappa shape index (κ1) is 12.3. The molecule has 1 aliphatic rings. The SMILES string of the molecule is O=C(c1cc(Br)ccc1Br)C1CCOCC1. The van der Waals surface area contributed by atoms with E-state index in [1.807, 2.05) is 18.2 Å². The smallest absolute Gasteiger partial charge is 0.167 e. The second-order valence-electron chi connectivity index (χ2n) is 3.88. The average Bonchev–Trinajstić information content (AvgIpc) is 2.32. The van der Waals surface area contributed by atoms with Crippen LogP contribution in [-0.2, 0) is 4.74 Å². The molecule has 0 saturated carbocycles. The van der Waals surface area contributed by atoms with Crippen LogP contribution in [0, 0.1) is 5.92 Å². The van der Waals surface area contributed by atoms with Crippen LogP contribution in [-0.4, -0.2) is 19.0 Å².